The van der Waals surface area contributed by atoms with Crippen LogP contribution >= 0.6 is 11.6 Å². The van der Waals surface area contributed by atoms with Crippen molar-refractivity contribution in [3.05, 3.63) is 0 Å². The molecule has 0 bridgehead atoms. The van der Waals surface area contributed by atoms with E-state index in [0.29, 0.717) is 6.42 Å². The summed E-state index contributed by atoms with van der Waals surface area (Å²) < 4.78 is 30.9. The molecule has 1 nitrogen and oxygen atoms in total. The highest BCUT2D eigenvalue weighted by Gasteiger charge is 2.68. The fourth-order valence-corrected chi connectivity index (χ4v) is 2.02. The predicted molar refractivity (Wildman–Crippen MR) is 36.8 cm³/mol. The molecule has 1 aliphatic heterocycles. The largest absolute Gasteiger partial charge is 0.349 e. The molecular formula is C7H9ClF2O. The van der Waals surface area contributed by atoms with E-state index in [1.807, 2.05) is 0 Å². The average Bonchev–Trinajstić information content (AvgIpc) is 2.57. The summed E-state index contributed by atoms with van der Waals surface area (Å²) in [6, 6.07) is 0. The maximum absolute atomic E-state index is 13.0. The quantitative estimate of drug-likeness (QED) is 0.414. The van der Waals surface area contributed by atoms with E-state index in [9.17, 15) is 8.78 Å². The molecular weight excluding hydrogens is 174 g/mol. The fourth-order valence-electron chi connectivity index (χ4n) is 1.65. The van der Waals surface area contributed by atoms with Gasteiger partial charge in [-0.3, -0.25) is 0 Å². The number of rotatable bonds is 0. The number of fused-ring (bicyclic) bond motifs is 1. The van der Waals surface area contributed by atoms with Crippen LogP contribution in [0.25, 0.3) is 0 Å². The molecule has 1 saturated carbocycles. The molecule has 0 aromatic rings. The lowest BCUT2D eigenvalue weighted by Gasteiger charge is -2.28. The molecule has 1 saturated heterocycles. The van der Waals surface area contributed by atoms with E-state index < -0.39 is 16.9 Å². The number of alkyl halides is 3. The second-order valence-electron chi connectivity index (χ2n) is 3.33. The maximum atomic E-state index is 13.0. The van der Waals surface area contributed by atoms with Crippen LogP contribution in [0.5, 0.6) is 0 Å². The molecule has 0 aromatic heterocycles. The molecule has 1 aliphatic carbocycles. The van der Waals surface area contributed by atoms with Crippen LogP contribution in [-0.2, 0) is 4.74 Å². The van der Waals surface area contributed by atoms with E-state index in [2.05, 4.69) is 0 Å². The van der Waals surface area contributed by atoms with Gasteiger partial charge in [0.15, 0.2) is 5.06 Å². The Morgan fingerprint density at radius 3 is 2.73 bits per heavy atom. The van der Waals surface area contributed by atoms with E-state index in [1.54, 1.807) is 0 Å². The van der Waals surface area contributed by atoms with Crippen LogP contribution in [0.4, 0.5) is 8.78 Å². The molecule has 4 heteroatoms. The van der Waals surface area contributed by atoms with Crippen molar-refractivity contribution in [2.24, 2.45) is 5.92 Å². The smallest absolute Gasteiger partial charge is 0.254 e. The van der Waals surface area contributed by atoms with Crippen LogP contribution in [-0.4, -0.2) is 17.1 Å². The summed E-state index contributed by atoms with van der Waals surface area (Å²) in [5, 5.41) is -1.04. The minimum Gasteiger partial charge on any atom is -0.349 e. The zero-order valence-corrected chi connectivity index (χ0v) is 6.87. The molecule has 0 aromatic carbocycles. The highest BCUT2D eigenvalue weighted by atomic mass is 35.5. The van der Waals surface area contributed by atoms with E-state index in [-0.39, 0.29) is 12.5 Å². The third-order valence-corrected chi connectivity index (χ3v) is 3.33. The van der Waals surface area contributed by atoms with Crippen LogP contribution in [0, 0.1) is 5.92 Å². The van der Waals surface area contributed by atoms with Gasteiger partial charge in [0.05, 0.1) is 5.92 Å². The molecule has 3 atom stereocenters. The van der Waals surface area contributed by atoms with Crippen molar-refractivity contribution in [3.8, 4) is 0 Å². The molecule has 0 spiro atoms. The Morgan fingerprint density at radius 2 is 2.18 bits per heavy atom. The van der Waals surface area contributed by atoms with E-state index in [1.165, 1.54) is 6.92 Å². The Kier molecular flexibility index (Phi) is 1.33. The van der Waals surface area contributed by atoms with Gasteiger partial charge in [-0.2, -0.15) is 0 Å². The van der Waals surface area contributed by atoms with Gasteiger partial charge in [-0.1, -0.05) is 18.5 Å². The lowest BCUT2D eigenvalue weighted by molar-refractivity contribution is -0.0789. The Morgan fingerprint density at radius 1 is 1.55 bits per heavy atom. The zero-order valence-electron chi connectivity index (χ0n) is 6.11. The van der Waals surface area contributed by atoms with Crippen molar-refractivity contribution in [1.29, 1.82) is 0 Å². The van der Waals surface area contributed by atoms with Gasteiger partial charge in [0.1, 0.15) is 6.10 Å². The van der Waals surface area contributed by atoms with Gasteiger partial charge < -0.3 is 4.74 Å². The third kappa shape index (κ3) is 0.905. The van der Waals surface area contributed by atoms with Crippen LogP contribution in [0.2, 0.25) is 0 Å². The van der Waals surface area contributed by atoms with Crippen molar-refractivity contribution < 1.29 is 13.5 Å². The average molecular weight is 183 g/mol. The lowest BCUT2D eigenvalue weighted by Crippen LogP contribution is -2.39. The second-order valence-corrected chi connectivity index (χ2v) is 3.92. The molecule has 2 rings (SSSR count). The number of hydrogen-bond donors (Lipinski definition) is 0. The third-order valence-electron chi connectivity index (χ3n) is 2.67. The van der Waals surface area contributed by atoms with Gasteiger partial charge in [0, 0.05) is 6.42 Å². The first-order valence-electron chi connectivity index (χ1n) is 3.71. The van der Waals surface area contributed by atoms with Crippen LogP contribution in [0.3, 0.4) is 0 Å². The first-order chi connectivity index (χ1) is 4.97. The molecule has 3 unspecified atom stereocenters. The maximum Gasteiger partial charge on any atom is 0.254 e. The van der Waals surface area contributed by atoms with Crippen molar-refractivity contribution in [2.45, 2.75) is 36.9 Å². The van der Waals surface area contributed by atoms with Crippen molar-refractivity contribution in [2.75, 3.05) is 0 Å². The van der Waals surface area contributed by atoms with Gasteiger partial charge in [-0.05, 0) is 6.42 Å². The first kappa shape index (κ1) is 7.74. The van der Waals surface area contributed by atoms with Crippen molar-refractivity contribution in [3.63, 3.8) is 0 Å². The summed E-state index contributed by atoms with van der Waals surface area (Å²) >= 11 is 5.78. The van der Waals surface area contributed by atoms with Gasteiger partial charge in [0.25, 0.3) is 5.92 Å². The SMILES string of the molecule is CC1C(F)(F)CCC2OC21Cl. The summed E-state index contributed by atoms with van der Waals surface area (Å²) in [5.74, 6) is -3.50. The van der Waals surface area contributed by atoms with Crippen LogP contribution in [0.15, 0.2) is 0 Å². The molecule has 2 aliphatic rings. The molecule has 0 N–H and O–H groups in total. The number of ether oxygens (including phenoxy) is 1. The fraction of sp³-hybridized carbons (Fsp3) is 1.00. The van der Waals surface area contributed by atoms with Crippen LogP contribution in [0.1, 0.15) is 19.8 Å². The molecule has 64 valence electrons. The van der Waals surface area contributed by atoms with Crippen LogP contribution < -0.4 is 0 Å². The normalized spacial score (nSPS) is 53.5. The molecule has 1 heterocycles. The lowest BCUT2D eigenvalue weighted by atomic mass is 9.86. The topological polar surface area (TPSA) is 12.5 Å². The highest BCUT2D eigenvalue weighted by molar-refractivity contribution is 6.25. The van der Waals surface area contributed by atoms with E-state index in [4.69, 9.17) is 16.3 Å². The van der Waals surface area contributed by atoms with Gasteiger partial charge in [-0.15, -0.1) is 0 Å². The Balaban J connectivity index is 2.21. The van der Waals surface area contributed by atoms with E-state index >= 15 is 0 Å². The van der Waals surface area contributed by atoms with E-state index in [0.717, 1.165) is 0 Å². The minimum atomic E-state index is -2.64. The summed E-state index contributed by atoms with van der Waals surface area (Å²) in [6.45, 7) is 1.45. The van der Waals surface area contributed by atoms with Crippen molar-refractivity contribution in [1.82, 2.24) is 0 Å². The number of halogens is 3. The Labute approximate surface area is 68.7 Å². The predicted octanol–water partition coefficient (Wildman–Crippen LogP) is 2.39. The monoisotopic (exact) mass is 182 g/mol. The molecule has 0 radical (unpaired) electrons. The van der Waals surface area contributed by atoms with Gasteiger partial charge in [-0.25, -0.2) is 8.78 Å². The molecule has 0 amide bonds. The summed E-state index contributed by atoms with van der Waals surface area (Å²) in [6.07, 6.45) is 0.174. The van der Waals surface area contributed by atoms with Gasteiger partial charge >= 0.3 is 0 Å². The Bertz CT molecular complexity index is 192. The summed E-state index contributed by atoms with van der Waals surface area (Å²) in [7, 11) is 0. The van der Waals surface area contributed by atoms with Crippen molar-refractivity contribution >= 4 is 11.6 Å². The molecule has 2 fully saturated rings. The minimum absolute atomic E-state index is 0.0900. The summed E-state index contributed by atoms with van der Waals surface area (Å²) in [5.41, 5.74) is 0. The first-order valence-corrected chi connectivity index (χ1v) is 4.09. The standard InChI is InChI=1S/C7H9ClF2O/c1-4-6(9,10)3-2-5-7(4,8)11-5/h4-5H,2-3H2,1H3. The molecule has 11 heavy (non-hydrogen) atoms. The summed E-state index contributed by atoms with van der Waals surface area (Å²) in [4.78, 5) is 0. The second kappa shape index (κ2) is 1.88. The number of hydrogen-bond acceptors (Lipinski definition) is 1. The highest BCUT2D eigenvalue weighted by Crippen LogP contribution is 2.58. The van der Waals surface area contributed by atoms with Gasteiger partial charge in [0.2, 0.25) is 0 Å². The zero-order chi connectivity index (χ0) is 8.28. The number of epoxide rings is 1. The Hall–Kier alpha value is 0.110.